The molecule has 0 N–H and O–H groups in total. The van der Waals surface area contributed by atoms with Gasteiger partial charge in [-0.25, -0.2) is 9.97 Å². The number of rotatable bonds is 1. The van der Waals surface area contributed by atoms with Crippen LogP contribution in [-0.4, -0.2) is 14.5 Å². The van der Waals surface area contributed by atoms with Crippen molar-refractivity contribution in [3.63, 3.8) is 0 Å². The Balaban J connectivity index is 1.89. The molecule has 1 saturated carbocycles. The molecule has 2 atom stereocenters. The first-order valence-electron chi connectivity index (χ1n) is 6.14. The number of pyridine rings is 1. The van der Waals surface area contributed by atoms with Gasteiger partial charge >= 0.3 is 0 Å². The fourth-order valence-corrected chi connectivity index (χ4v) is 4.30. The van der Waals surface area contributed by atoms with Gasteiger partial charge in [-0.15, -0.1) is 0 Å². The van der Waals surface area contributed by atoms with Gasteiger partial charge in [0.25, 0.3) is 0 Å². The Bertz CT molecular complexity index is 635. The number of halogens is 2. The van der Waals surface area contributed by atoms with E-state index in [0.29, 0.717) is 12.0 Å². The van der Waals surface area contributed by atoms with Gasteiger partial charge in [0.2, 0.25) is 0 Å². The van der Waals surface area contributed by atoms with Crippen molar-refractivity contribution in [1.29, 1.82) is 0 Å². The third kappa shape index (κ3) is 1.46. The van der Waals surface area contributed by atoms with Crippen LogP contribution in [0.1, 0.15) is 37.0 Å². The molecule has 3 heterocycles. The molecule has 2 bridgehead atoms. The van der Waals surface area contributed by atoms with Gasteiger partial charge in [-0.3, -0.25) is 0 Å². The molecule has 2 unspecified atom stereocenters. The first-order chi connectivity index (χ1) is 8.74. The maximum Gasteiger partial charge on any atom is 0.122 e. The van der Waals surface area contributed by atoms with E-state index in [1.54, 1.807) is 0 Å². The van der Waals surface area contributed by atoms with Crippen molar-refractivity contribution in [3.8, 4) is 11.4 Å². The quantitative estimate of drug-likeness (QED) is 0.703. The zero-order valence-corrected chi connectivity index (χ0v) is 12.8. The van der Waals surface area contributed by atoms with Crippen molar-refractivity contribution in [2.75, 3.05) is 0 Å². The monoisotopic (exact) mass is 367 g/mol. The molecule has 4 rings (SSSR count). The number of nitrogens with zero attached hydrogens (tertiary/aromatic N) is 3. The third-order valence-electron chi connectivity index (χ3n) is 3.97. The van der Waals surface area contributed by atoms with Crippen molar-refractivity contribution >= 4 is 31.9 Å². The van der Waals surface area contributed by atoms with E-state index in [-0.39, 0.29) is 0 Å². The molecule has 0 spiro atoms. The molecule has 18 heavy (non-hydrogen) atoms. The van der Waals surface area contributed by atoms with Gasteiger partial charge < -0.3 is 4.57 Å². The fourth-order valence-electron chi connectivity index (χ4n) is 3.19. The summed E-state index contributed by atoms with van der Waals surface area (Å²) in [6.45, 7) is 0. The number of imidazole rings is 1. The number of hydrogen-bond acceptors (Lipinski definition) is 2. The van der Waals surface area contributed by atoms with E-state index in [1.807, 2.05) is 18.2 Å². The zero-order valence-electron chi connectivity index (χ0n) is 9.61. The lowest BCUT2D eigenvalue weighted by Crippen LogP contribution is -2.06. The molecule has 0 amide bonds. The van der Waals surface area contributed by atoms with E-state index in [9.17, 15) is 0 Å². The number of hydrogen-bond donors (Lipinski definition) is 0. The second-order valence-corrected chi connectivity index (χ2v) is 6.55. The van der Waals surface area contributed by atoms with Crippen molar-refractivity contribution < 1.29 is 0 Å². The Morgan fingerprint density at radius 1 is 1.17 bits per heavy atom. The van der Waals surface area contributed by atoms with E-state index in [2.05, 4.69) is 41.4 Å². The SMILES string of the molecule is Brc1cccc(-c2nc3n(c2Br)C2CCC3C2)n1. The van der Waals surface area contributed by atoms with Crippen LogP contribution in [0, 0.1) is 0 Å². The van der Waals surface area contributed by atoms with Crippen LogP contribution < -0.4 is 0 Å². The minimum atomic E-state index is 0.646. The Morgan fingerprint density at radius 2 is 2.06 bits per heavy atom. The normalized spacial score (nSPS) is 24.6. The first kappa shape index (κ1) is 11.2. The molecule has 1 aliphatic heterocycles. The zero-order chi connectivity index (χ0) is 12.3. The summed E-state index contributed by atoms with van der Waals surface area (Å²) in [5.41, 5.74) is 1.90. The van der Waals surface area contributed by atoms with Crippen LogP contribution in [0.15, 0.2) is 27.4 Å². The lowest BCUT2D eigenvalue weighted by molar-refractivity contribution is 0.518. The minimum absolute atomic E-state index is 0.646. The van der Waals surface area contributed by atoms with Crippen LogP contribution in [-0.2, 0) is 0 Å². The molecule has 1 aliphatic carbocycles. The van der Waals surface area contributed by atoms with Gasteiger partial charge in [-0.05, 0) is 63.3 Å². The molecule has 1 fully saturated rings. The van der Waals surface area contributed by atoms with E-state index in [0.717, 1.165) is 20.6 Å². The molecular formula is C13H11Br2N3. The molecule has 2 aromatic heterocycles. The van der Waals surface area contributed by atoms with E-state index in [1.165, 1.54) is 25.1 Å². The molecule has 2 aromatic rings. The average Bonchev–Trinajstić information content (AvgIpc) is 3.02. The van der Waals surface area contributed by atoms with Crippen LogP contribution in [0.2, 0.25) is 0 Å². The van der Waals surface area contributed by atoms with Crippen molar-refractivity contribution in [2.45, 2.75) is 31.2 Å². The summed E-state index contributed by atoms with van der Waals surface area (Å²) in [6, 6.07) is 6.59. The molecule has 5 heteroatoms. The highest BCUT2D eigenvalue weighted by Gasteiger charge is 2.40. The lowest BCUT2D eigenvalue weighted by Gasteiger charge is -2.13. The number of aromatic nitrogens is 3. The van der Waals surface area contributed by atoms with Gasteiger partial charge in [0.15, 0.2) is 0 Å². The molecule has 0 aromatic carbocycles. The molecule has 0 saturated heterocycles. The predicted molar refractivity (Wildman–Crippen MR) is 76.5 cm³/mol. The maximum absolute atomic E-state index is 4.82. The molecule has 92 valence electrons. The van der Waals surface area contributed by atoms with E-state index in [4.69, 9.17) is 4.98 Å². The summed E-state index contributed by atoms with van der Waals surface area (Å²) in [5.74, 6) is 1.90. The summed E-state index contributed by atoms with van der Waals surface area (Å²) in [5, 5.41) is 0. The Kier molecular flexibility index (Phi) is 2.42. The smallest absolute Gasteiger partial charge is 0.122 e. The standard InChI is InChI=1S/C13H11Br2N3/c14-10-3-1-2-9(16-10)11-12(15)18-8-5-4-7(6-8)13(18)17-11/h1-3,7-8H,4-6H2. The van der Waals surface area contributed by atoms with Crippen LogP contribution in [0.5, 0.6) is 0 Å². The van der Waals surface area contributed by atoms with Crippen LogP contribution in [0.25, 0.3) is 11.4 Å². The van der Waals surface area contributed by atoms with Gasteiger partial charge in [0, 0.05) is 12.0 Å². The highest BCUT2D eigenvalue weighted by atomic mass is 79.9. The highest BCUT2D eigenvalue weighted by Crippen LogP contribution is 2.51. The largest absolute Gasteiger partial charge is 0.319 e. The minimum Gasteiger partial charge on any atom is -0.319 e. The Morgan fingerprint density at radius 3 is 2.83 bits per heavy atom. The summed E-state index contributed by atoms with van der Waals surface area (Å²) in [6.07, 6.45) is 3.85. The lowest BCUT2D eigenvalue weighted by atomic mass is 10.1. The van der Waals surface area contributed by atoms with E-state index >= 15 is 0 Å². The van der Waals surface area contributed by atoms with Gasteiger partial charge in [-0.1, -0.05) is 6.07 Å². The third-order valence-corrected chi connectivity index (χ3v) is 5.17. The summed E-state index contributed by atoms with van der Waals surface area (Å²) < 4.78 is 4.31. The summed E-state index contributed by atoms with van der Waals surface area (Å²) in [4.78, 5) is 9.32. The average molecular weight is 369 g/mol. The van der Waals surface area contributed by atoms with E-state index < -0.39 is 0 Å². The van der Waals surface area contributed by atoms with Crippen molar-refractivity contribution in [2.24, 2.45) is 0 Å². The number of fused-ring (bicyclic) bond motifs is 5. The predicted octanol–water partition coefficient (Wildman–Crippen LogP) is 4.29. The Labute approximate surface area is 122 Å². The van der Waals surface area contributed by atoms with Crippen LogP contribution in [0.4, 0.5) is 0 Å². The molecular weight excluding hydrogens is 358 g/mol. The summed E-state index contributed by atoms with van der Waals surface area (Å²) in [7, 11) is 0. The van der Waals surface area contributed by atoms with Gasteiger partial charge in [0.05, 0.1) is 5.69 Å². The molecule has 2 aliphatic rings. The second kappa shape index (κ2) is 3.90. The van der Waals surface area contributed by atoms with Crippen molar-refractivity contribution in [3.05, 3.63) is 33.2 Å². The van der Waals surface area contributed by atoms with Crippen molar-refractivity contribution in [1.82, 2.24) is 14.5 Å². The molecule has 0 radical (unpaired) electrons. The van der Waals surface area contributed by atoms with Crippen LogP contribution >= 0.6 is 31.9 Å². The second-order valence-electron chi connectivity index (χ2n) is 4.99. The van der Waals surface area contributed by atoms with Crippen LogP contribution in [0.3, 0.4) is 0 Å². The Hall–Kier alpha value is -0.680. The highest BCUT2D eigenvalue weighted by molar-refractivity contribution is 9.10. The fraction of sp³-hybridized carbons (Fsp3) is 0.385. The summed E-state index contributed by atoms with van der Waals surface area (Å²) >= 11 is 7.13. The maximum atomic E-state index is 4.82. The molecule has 3 nitrogen and oxygen atoms in total. The first-order valence-corrected chi connectivity index (χ1v) is 7.73. The van der Waals surface area contributed by atoms with Gasteiger partial charge in [-0.2, -0.15) is 0 Å². The van der Waals surface area contributed by atoms with Gasteiger partial charge in [0.1, 0.15) is 20.7 Å². The topological polar surface area (TPSA) is 30.7 Å².